The summed E-state index contributed by atoms with van der Waals surface area (Å²) in [5.41, 5.74) is 0.746. The highest BCUT2D eigenvalue weighted by atomic mass is 35.5. The summed E-state index contributed by atoms with van der Waals surface area (Å²) in [5, 5.41) is 24.1. The van der Waals surface area contributed by atoms with Gasteiger partial charge in [0.25, 0.3) is 5.91 Å². The fraction of sp³-hybridized carbons (Fsp3) is 0.353. The summed E-state index contributed by atoms with van der Waals surface area (Å²) in [6.45, 7) is 4.12. The first-order valence-electron chi connectivity index (χ1n) is 7.45. The van der Waals surface area contributed by atoms with Crippen molar-refractivity contribution < 1.29 is 14.7 Å². The number of nitrogens with zero attached hydrogens (tertiary/aromatic N) is 1. The number of halogens is 1. The third-order valence-corrected chi connectivity index (χ3v) is 3.39. The van der Waals surface area contributed by atoms with E-state index in [-0.39, 0.29) is 17.9 Å². The van der Waals surface area contributed by atoms with Crippen LogP contribution in [0, 0.1) is 17.2 Å². The molecule has 1 atom stereocenters. The molecular weight excluding hydrogens is 330 g/mol. The minimum absolute atomic E-state index is 0.101. The van der Waals surface area contributed by atoms with Crippen molar-refractivity contribution >= 4 is 23.5 Å². The summed E-state index contributed by atoms with van der Waals surface area (Å²) in [5.74, 6) is -1.73. The predicted molar refractivity (Wildman–Crippen MR) is 91.0 cm³/mol. The van der Waals surface area contributed by atoms with Gasteiger partial charge < -0.3 is 15.7 Å². The van der Waals surface area contributed by atoms with Crippen LogP contribution >= 0.6 is 11.6 Å². The SMILES string of the molecule is CC(C)CC(NC(=O)/C(C#N)=C\NCc1ccc(Cl)cc1)C(=O)O. The van der Waals surface area contributed by atoms with Crippen LogP contribution < -0.4 is 10.6 Å². The Hall–Kier alpha value is -2.52. The molecule has 0 fully saturated rings. The summed E-state index contributed by atoms with van der Waals surface area (Å²) >= 11 is 5.79. The van der Waals surface area contributed by atoms with Crippen LogP contribution in [0.2, 0.25) is 5.02 Å². The largest absolute Gasteiger partial charge is 0.480 e. The van der Waals surface area contributed by atoms with Gasteiger partial charge >= 0.3 is 5.97 Å². The molecule has 0 aliphatic rings. The fourth-order valence-electron chi connectivity index (χ4n) is 1.95. The average molecular weight is 350 g/mol. The number of carboxylic acids is 1. The van der Waals surface area contributed by atoms with E-state index in [1.54, 1.807) is 18.2 Å². The lowest BCUT2D eigenvalue weighted by molar-refractivity contribution is -0.141. The van der Waals surface area contributed by atoms with Crippen LogP contribution in [-0.2, 0) is 16.1 Å². The number of amides is 1. The second kappa shape index (κ2) is 9.58. The zero-order valence-corrected chi connectivity index (χ0v) is 14.3. The summed E-state index contributed by atoms with van der Waals surface area (Å²) < 4.78 is 0. The van der Waals surface area contributed by atoms with Crippen molar-refractivity contribution in [3.8, 4) is 6.07 Å². The number of carboxylic acid groups (broad SMARTS) is 1. The van der Waals surface area contributed by atoms with Gasteiger partial charge in [-0.2, -0.15) is 5.26 Å². The van der Waals surface area contributed by atoms with Crippen LogP contribution in [0.3, 0.4) is 0 Å². The molecule has 0 aliphatic heterocycles. The molecule has 0 bridgehead atoms. The van der Waals surface area contributed by atoms with Gasteiger partial charge in [0.05, 0.1) is 0 Å². The molecule has 24 heavy (non-hydrogen) atoms. The van der Waals surface area contributed by atoms with Crippen molar-refractivity contribution in [3.05, 3.63) is 46.6 Å². The molecular formula is C17H20ClN3O3. The lowest BCUT2D eigenvalue weighted by atomic mass is 10.0. The molecule has 1 rings (SSSR count). The predicted octanol–water partition coefficient (Wildman–Crippen LogP) is 2.45. The molecule has 0 saturated carbocycles. The maximum absolute atomic E-state index is 12.0. The van der Waals surface area contributed by atoms with Gasteiger partial charge in [0.2, 0.25) is 0 Å². The topological polar surface area (TPSA) is 102 Å². The molecule has 7 heteroatoms. The Morgan fingerprint density at radius 1 is 1.33 bits per heavy atom. The Balaban J connectivity index is 2.66. The molecule has 1 amide bonds. The number of nitriles is 1. The van der Waals surface area contributed by atoms with Gasteiger partial charge in [-0.3, -0.25) is 4.79 Å². The van der Waals surface area contributed by atoms with Crippen LogP contribution in [-0.4, -0.2) is 23.0 Å². The standard InChI is InChI=1S/C17H20ClN3O3/c1-11(2)7-15(17(23)24)21-16(22)13(8-19)10-20-9-12-3-5-14(18)6-4-12/h3-6,10-11,15,20H,7,9H2,1-2H3,(H,21,22)(H,23,24)/b13-10-. The maximum Gasteiger partial charge on any atom is 0.326 e. The number of hydrogen-bond donors (Lipinski definition) is 3. The Kier molecular flexibility index (Phi) is 7.80. The minimum atomic E-state index is -1.12. The Morgan fingerprint density at radius 2 is 1.96 bits per heavy atom. The van der Waals surface area contributed by atoms with Crippen molar-refractivity contribution in [3.63, 3.8) is 0 Å². The quantitative estimate of drug-likeness (QED) is 0.494. The summed E-state index contributed by atoms with van der Waals surface area (Å²) in [6.07, 6.45) is 1.57. The molecule has 0 heterocycles. The highest BCUT2D eigenvalue weighted by Crippen LogP contribution is 2.09. The molecule has 1 aromatic carbocycles. The van der Waals surface area contributed by atoms with E-state index >= 15 is 0 Å². The molecule has 1 unspecified atom stereocenters. The van der Waals surface area contributed by atoms with Gasteiger partial charge in [-0.25, -0.2) is 4.79 Å². The summed E-state index contributed by atoms with van der Waals surface area (Å²) in [6, 6.07) is 7.86. The molecule has 128 valence electrons. The van der Waals surface area contributed by atoms with Crippen LogP contribution in [0.5, 0.6) is 0 Å². The van der Waals surface area contributed by atoms with Crippen LogP contribution in [0.15, 0.2) is 36.0 Å². The lowest BCUT2D eigenvalue weighted by Crippen LogP contribution is -2.42. The summed E-state index contributed by atoms with van der Waals surface area (Å²) in [4.78, 5) is 23.2. The Labute approximate surface area is 146 Å². The number of carbonyl (C=O) groups is 2. The number of rotatable bonds is 8. The van der Waals surface area contributed by atoms with Gasteiger partial charge in [0, 0.05) is 17.8 Å². The number of carbonyl (C=O) groups excluding carboxylic acids is 1. The number of nitrogens with one attached hydrogen (secondary N) is 2. The van der Waals surface area contributed by atoms with E-state index in [0.717, 1.165) is 5.56 Å². The van der Waals surface area contributed by atoms with Gasteiger partial charge in [-0.15, -0.1) is 0 Å². The van der Waals surface area contributed by atoms with E-state index < -0.39 is 17.9 Å². The molecule has 0 aliphatic carbocycles. The number of benzene rings is 1. The van der Waals surface area contributed by atoms with E-state index in [2.05, 4.69) is 10.6 Å². The minimum Gasteiger partial charge on any atom is -0.480 e. The molecule has 3 N–H and O–H groups in total. The average Bonchev–Trinajstić information content (AvgIpc) is 2.52. The van der Waals surface area contributed by atoms with E-state index in [0.29, 0.717) is 11.6 Å². The third-order valence-electron chi connectivity index (χ3n) is 3.14. The van der Waals surface area contributed by atoms with Crippen LogP contribution in [0.25, 0.3) is 0 Å². The first-order chi connectivity index (χ1) is 11.3. The number of aliphatic carboxylic acids is 1. The van der Waals surface area contributed by atoms with E-state index in [1.807, 2.05) is 26.0 Å². The normalized spacial score (nSPS) is 12.4. The van der Waals surface area contributed by atoms with Crippen LogP contribution in [0.1, 0.15) is 25.8 Å². The molecule has 6 nitrogen and oxygen atoms in total. The van der Waals surface area contributed by atoms with Gasteiger partial charge in [-0.1, -0.05) is 37.6 Å². The zero-order chi connectivity index (χ0) is 18.1. The maximum atomic E-state index is 12.0. The highest BCUT2D eigenvalue weighted by Gasteiger charge is 2.22. The molecule has 0 radical (unpaired) electrons. The molecule has 0 spiro atoms. The van der Waals surface area contributed by atoms with Crippen molar-refractivity contribution in [1.29, 1.82) is 5.26 Å². The second-order valence-electron chi connectivity index (χ2n) is 5.67. The third kappa shape index (κ3) is 6.71. The molecule has 1 aromatic rings. The van der Waals surface area contributed by atoms with E-state index in [4.69, 9.17) is 22.0 Å². The fourth-order valence-corrected chi connectivity index (χ4v) is 2.08. The van der Waals surface area contributed by atoms with Crippen molar-refractivity contribution in [1.82, 2.24) is 10.6 Å². The monoisotopic (exact) mass is 349 g/mol. The first kappa shape index (κ1) is 19.5. The Bertz CT molecular complexity index is 648. The highest BCUT2D eigenvalue weighted by molar-refractivity contribution is 6.30. The Morgan fingerprint density at radius 3 is 2.46 bits per heavy atom. The van der Waals surface area contributed by atoms with Gasteiger partial charge in [-0.05, 0) is 30.0 Å². The zero-order valence-electron chi connectivity index (χ0n) is 13.5. The molecule has 0 saturated heterocycles. The van der Waals surface area contributed by atoms with E-state index in [9.17, 15) is 9.59 Å². The van der Waals surface area contributed by atoms with Gasteiger partial charge in [0.1, 0.15) is 17.7 Å². The van der Waals surface area contributed by atoms with Crippen molar-refractivity contribution in [2.24, 2.45) is 5.92 Å². The smallest absolute Gasteiger partial charge is 0.326 e. The summed E-state index contributed by atoms with van der Waals surface area (Å²) in [7, 11) is 0. The first-order valence-corrected chi connectivity index (χ1v) is 7.83. The van der Waals surface area contributed by atoms with Gasteiger partial charge in [0.15, 0.2) is 0 Å². The lowest BCUT2D eigenvalue weighted by Gasteiger charge is -2.16. The van der Waals surface area contributed by atoms with E-state index in [1.165, 1.54) is 6.20 Å². The van der Waals surface area contributed by atoms with Crippen molar-refractivity contribution in [2.45, 2.75) is 32.9 Å². The molecule has 0 aromatic heterocycles. The second-order valence-corrected chi connectivity index (χ2v) is 6.11. The van der Waals surface area contributed by atoms with Crippen molar-refractivity contribution in [2.75, 3.05) is 0 Å². The van der Waals surface area contributed by atoms with Crippen LogP contribution in [0.4, 0.5) is 0 Å². The number of hydrogen-bond acceptors (Lipinski definition) is 4.